The zero-order valence-corrected chi connectivity index (χ0v) is 16.0. The fourth-order valence-corrected chi connectivity index (χ4v) is 3.53. The summed E-state index contributed by atoms with van der Waals surface area (Å²) < 4.78 is 44.0. The third kappa shape index (κ3) is 5.45. The second kappa shape index (κ2) is 8.60. The Balaban J connectivity index is 1.54. The summed E-state index contributed by atoms with van der Waals surface area (Å²) in [5.74, 6) is 1.46. The summed E-state index contributed by atoms with van der Waals surface area (Å²) in [7, 11) is 0. The van der Waals surface area contributed by atoms with Gasteiger partial charge < -0.3 is 9.73 Å². The monoisotopic (exact) mass is 408 g/mol. The van der Waals surface area contributed by atoms with Gasteiger partial charge in [0.2, 0.25) is 5.91 Å². The largest absolute Gasteiger partial charge is 0.466 e. The van der Waals surface area contributed by atoms with E-state index in [2.05, 4.69) is 10.3 Å². The highest BCUT2D eigenvalue weighted by Gasteiger charge is 2.30. The quantitative estimate of drug-likeness (QED) is 0.563. The van der Waals surface area contributed by atoms with Crippen LogP contribution >= 0.6 is 11.3 Å². The fraction of sp³-hybridized carbons (Fsp3) is 0.300. The number of furan rings is 1. The molecule has 8 heteroatoms. The number of nitrogens with one attached hydrogen (secondary N) is 1. The lowest BCUT2D eigenvalue weighted by Gasteiger charge is -2.07. The van der Waals surface area contributed by atoms with Gasteiger partial charge in [-0.1, -0.05) is 25.1 Å². The summed E-state index contributed by atoms with van der Waals surface area (Å²) >= 11 is 1.25. The minimum Gasteiger partial charge on any atom is -0.466 e. The van der Waals surface area contributed by atoms with Gasteiger partial charge in [0.15, 0.2) is 5.13 Å². The molecule has 0 saturated heterocycles. The average molecular weight is 408 g/mol. The van der Waals surface area contributed by atoms with E-state index in [1.807, 2.05) is 19.1 Å². The van der Waals surface area contributed by atoms with Crippen molar-refractivity contribution in [2.75, 3.05) is 5.32 Å². The van der Waals surface area contributed by atoms with Crippen LogP contribution in [-0.2, 0) is 30.2 Å². The van der Waals surface area contributed by atoms with E-state index in [0.29, 0.717) is 23.5 Å². The van der Waals surface area contributed by atoms with Gasteiger partial charge >= 0.3 is 6.18 Å². The number of nitrogens with zero attached hydrogens (tertiary/aromatic N) is 1. The highest BCUT2D eigenvalue weighted by Crippen LogP contribution is 2.30. The third-order valence-electron chi connectivity index (χ3n) is 4.10. The minimum atomic E-state index is -4.37. The van der Waals surface area contributed by atoms with E-state index in [1.54, 1.807) is 12.3 Å². The molecule has 0 bridgehead atoms. The molecule has 0 saturated carbocycles. The molecule has 0 aliphatic heterocycles. The van der Waals surface area contributed by atoms with Gasteiger partial charge in [-0.05, 0) is 23.8 Å². The second-order valence-corrected chi connectivity index (χ2v) is 7.39. The lowest BCUT2D eigenvalue weighted by Crippen LogP contribution is -2.11. The number of halogens is 3. The van der Waals surface area contributed by atoms with Crippen LogP contribution in [0.3, 0.4) is 0 Å². The van der Waals surface area contributed by atoms with Crippen LogP contribution in [-0.4, -0.2) is 10.9 Å². The zero-order chi connectivity index (χ0) is 20.1. The topological polar surface area (TPSA) is 55.1 Å². The van der Waals surface area contributed by atoms with E-state index in [4.69, 9.17) is 4.42 Å². The van der Waals surface area contributed by atoms with Crippen LogP contribution in [0.5, 0.6) is 0 Å². The standard InChI is InChI=1S/C20H19F3N2O2S/c1-2-15-6-7-16(27-15)8-9-18(26)25-19-24-12-17(28-19)11-13-4-3-5-14(10-13)20(21,22)23/h3-7,10,12H,2,8-9,11H2,1H3,(H,24,25,26). The maximum atomic E-state index is 12.8. The number of aromatic nitrogens is 1. The first-order chi connectivity index (χ1) is 13.3. The number of hydrogen-bond donors (Lipinski definition) is 1. The molecule has 3 rings (SSSR count). The van der Waals surface area contributed by atoms with Crippen molar-refractivity contribution < 1.29 is 22.4 Å². The predicted octanol–water partition coefficient (Wildman–Crippen LogP) is 5.48. The third-order valence-corrected chi connectivity index (χ3v) is 5.01. The highest BCUT2D eigenvalue weighted by atomic mass is 32.1. The Bertz CT molecular complexity index is 947. The molecule has 3 aromatic rings. The molecule has 4 nitrogen and oxygen atoms in total. The van der Waals surface area contributed by atoms with E-state index >= 15 is 0 Å². The van der Waals surface area contributed by atoms with Gasteiger partial charge in [-0.25, -0.2) is 4.98 Å². The van der Waals surface area contributed by atoms with Gasteiger partial charge in [0, 0.05) is 36.8 Å². The van der Waals surface area contributed by atoms with Crippen LogP contribution in [0.4, 0.5) is 18.3 Å². The smallest absolute Gasteiger partial charge is 0.416 e. The van der Waals surface area contributed by atoms with Crippen molar-refractivity contribution in [3.05, 3.63) is 70.1 Å². The Labute approximate surface area is 164 Å². The number of thiazole rings is 1. The van der Waals surface area contributed by atoms with Gasteiger partial charge in [0.1, 0.15) is 11.5 Å². The lowest BCUT2D eigenvalue weighted by atomic mass is 10.1. The molecule has 0 radical (unpaired) electrons. The zero-order valence-electron chi connectivity index (χ0n) is 15.2. The maximum absolute atomic E-state index is 12.8. The normalized spacial score (nSPS) is 11.6. The first-order valence-electron chi connectivity index (χ1n) is 8.81. The maximum Gasteiger partial charge on any atom is 0.416 e. The van der Waals surface area contributed by atoms with Crippen LogP contribution in [0.15, 0.2) is 47.0 Å². The summed E-state index contributed by atoms with van der Waals surface area (Å²) in [5.41, 5.74) is -0.131. The van der Waals surface area contributed by atoms with Crippen molar-refractivity contribution in [1.29, 1.82) is 0 Å². The van der Waals surface area contributed by atoms with Gasteiger partial charge in [0.25, 0.3) is 0 Å². The van der Waals surface area contributed by atoms with E-state index in [9.17, 15) is 18.0 Å². The molecule has 1 aromatic carbocycles. The average Bonchev–Trinajstić information content (AvgIpc) is 3.29. The minimum absolute atomic E-state index is 0.186. The van der Waals surface area contributed by atoms with E-state index in [0.717, 1.165) is 35.0 Å². The molecular formula is C20H19F3N2O2S. The number of alkyl halides is 3. The summed E-state index contributed by atoms with van der Waals surface area (Å²) in [6.45, 7) is 1.99. The second-order valence-electron chi connectivity index (χ2n) is 6.28. The number of rotatable bonds is 7. The van der Waals surface area contributed by atoms with Gasteiger partial charge in [-0.15, -0.1) is 11.3 Å². The first-order valence-corrected chi connectivity index (χ1v) is 9.63. The summed E-state index contributed by atoms with van der Waals surface area (Å²) in [5, 5.41) is 3.15. The molecule has 2 heterocycles. The molecule has 0 spiro atoms. The first kappa shape index (κ1) is 20.1. The Morgan fingerprint density at radius 3 is 2.71 bits per heavy atom. The Morgan fingerprint density at radius 1 is 1.21 bits per heavy atom. The fourth-order valence-electron chi connectivity index (χ4n) is 2.67. The van der Waals surface area contributed by atoms with Crippen LogP contribution in [0, 0.1) is 0 Å². The molecule has 0 unspecified atom stereocenters. The van der Waals surface area contributed by atoms with Gasteiger partial charge in [0.05, 0.1) is 5.56 Å². The van der Waals surface area contributed by atoms with E-state index in [-0.39, 0.29) is 12.3 Å². The lowest BCUT2D eigenvalue weighted by molar-refractivity contribution is -0.137. The molecule has 0 aliphatic rings. The summed E-state index contributed by atoms with van der Waals surface area (Å²) in [4.78, 5) is 17.0. The van der Waals surface area contributed by atoms with Crippen molar-refractivity contribution in [2.24, 2.45) is 0 Å². The van der Waals surface area contributed by atoms with Crippen molar-refractivity contribution in [3.63, 3.8) is 0 Å². The Kier molecular flexibility index (Phi) is 6.18. The van der Waals surface area contributed by atoms with E-state index in [1.165, 1.54) is 17.4 Å². The molecule has 1 amide bonds. The Morgan fingerprint density at radius 2 is 2.00 bits per heavy atom. The molecule has 0 atom stereocenters. The summed E-state index contributed by atoms with van der Waals surface area (Å²) in [6, 6.07) is 8.97. The number of amides is 1. The number of anilines is 1. The van der Waals surface area contributed by atoms with Crippen molar-refractivity contribution >= 4 is 22.4 Å². The number of hydrogen-bond acceptors (Lipinski definition) is 4. The van der Waals surface area contributed by atoms with Crippen molar-refractivity contribution in [1.82, 2.24) is 4.98 Å². The van der Waals surface area contributed by atoms with E-state index < -0.39 is 11.7 Å². The summed E-state index contributed by atoms with van der Waals surface area (Å²) in [6.07, 6.45) is -0.910. The van der Waals surface area contributed by atoms with Crippen LogP contribution < -0.4 is 5.32 Å². The molecule has 0 fully saturated rings. The van der Waals surface area contributed by atoms with Crippen molar-refractivity contribution in [2.45, 2.75) is 38.8 Å². The van der Waals surface area contributed by atoms with Crippen LogP contribution in [0.25, 0.3) is 0 Å². The molecular weight excluding hydrogens is 389 g/mol. The number of benzene rings is 1. The number of carbonyl (C=O) groups excluding carboxylic acids is 1. The molecule has 28 heavy (non-hydrogen) atoms. The number of aryl methyl sites for hydroxylation is 2. The Hall–Kier alpha value is -2.61. The molecule has 1 N–H and O–H groups in total. The molecule has 0 aliphatic carbocycles. The SMILES string of the molecule is CCc1ccc(CCC(=O)Nc2ncc(Cc3cccc(C(F)(F)F)c3)s2)o1. The molecule has 148 valence electrons. The van der Waals surface area contributed by atoms with Crippen LogP contribution in [0.2, 0.25) is 0 Å². The highest BCUT2D eigenvalue weighted by molar-refractivity contribution is 7.15. The number of carbonyl (C=O) groups is 1. The predicted molar refractivity (Wildman–Crippen MR) is 101 cm³/mol. The van der Waals surface area contributed by atoms with Gasteiger partial charge in [-0.3, -0.25) is 4.79 Å². The van der Waals surface area contributed by atoms with Crippen molar-refractivity contribution in [3.8, 4) is 0 Å². The molecule has 2 aromatic heterocycles. The van der Waals surface area contributed by atoms with Gasteiger partial charge in [-0.2, -0.15) is 13.2 Å². The van der Waals surface area contributed by atoms with Crippen LogP contribution in [0.1, 0.15) is 40.9 Å².